The quantitative estimate of drug-likeness (QED) is 0.330. The molecule has 0 unspecified atom stereocenters. The fraction of sp³-hybridized carbons (Fsp3) is 0.917. The zero-order valence-electron chi connectivity index (χ0n) is 11.2. The molecule has 1 aliphatic rings. The number of rotatable bonds is 6. The molecule has 2 N–H and O–H groups in total. The summed E-state index contributed by atoms with van der Waals surface area (Å²) in [4.78, 5) is 6.72. The van der Waals surface area contributed by atoms with Gasteiger partial charge < -0.3 is 15.5 Å². The smallest absolute Gasteiger partial charge is 0.190 e. The van der Waals surface area contributed by atoms with Crippen molar-refractivity contribution in [3.05, 3.63) is 0 Å². The molecular formula is C12H27IN4. The predicted octanol–water partition coefficient (Wildman–Crippen LogP) is 1.67. The maximum atomic E-state index is 4.18. The first kappa shape index (κ1) is 17.0. The second-order valence-electron chi connectivity index (χ2n) is 4.33. The van der Waals surface area contributed by atoms with Crippen LogP contribution in [-0.4, -0.2) is 50.6 Å². The summed E-state index contributed by atoms with van der Waals surface area (Å²) >= 11 is 0. The van der Waals surface area contributed by atoms with Gasteiger partial charge in [0.2, 0.25) is 0 Å². The van der Waals surface area contributed by atoms with E-state index in [1.165, 1.54) is 38.9 Å². The third kappa shape index (κ3) is 7.81. The van der Waals surface area contributed by atoms with Gasteiger partial charge in [-0.15, -0.1) is 24.0 Å². The number of halogens is 1. The highest BCUT2D eigenvalue weighted by Gasteiger charge is 2.09. The maximum Gasteiger partial charge on any atom is 0.190 e. The van der Waals surface area contributed by atoms with Gasteiger partial charge in [0.15, 0.2) is 5.96 Å². The van der Waals surface area contributed by atoms with E-state index in [2.05, 4.69) is 27.4 Å². The fourth-order valence-electron chi connectivity index (χ4n) is 1.98. The fourth-order valence-corrected chi connectivity index (χ4v) is 1.98. The Hall–Kier alpha value is -0.0400. The summed E-state index contributed by atoms with van der Waals surface area (Å²) in [5, 5.41) is 6.61. The van der Waals surface area contributed by atoms with Crippen molar-refractivity contribution in [2.75, 3.05) is 39.8 Å². The Morgan fingerprint density at radius 1 is 1.18 bits per heavy atom. The minimum absolute atomic E-state index is 0. The molecule has 102 valence electrons. The number of aliphatic imine (C=N–C) groups is 1. The minimum atomic E-state index is 0. The Morgan fingerprint density at radius 2 is 1.82 bits per heavy atom. The molecule has 1 saturated heterocycles. The van der Waals surface area contributed by atoms with Gasteiger partial charge in [-0.05, 0) is 45.3 Å². The second-order valence-corrected chi connectivity index (χ2v) is 4.33. The molecule has 1 aliphatic heterocycles. The first-order valence-corrected chi connectivity index (χ1v) is 6.53. The van der Waals surface area contributed by atoms with E-state index in [1.54, 1.807) is 0 Å². The van der Waals surface area contributed by atoms with Gasteiger partial charge in [0, 0.05) is 20.1 Å². The summed E-state index contributed by atoms with van der Waals surface area (Å²) < 4.78 is 0. The number of likely N-dealkylation sites (tertiary alicyclic amines) is 1. The molecule has 0 saturated carbocycles. The zero-order chi connectivity index (χ0) is 11.6. The number of hydrogen-bond acceptors (Lipinski definition) is 2. The van der Waals surface area contributed by atoms with Crippen LogP contribution in [0.15, 0.2) is 4.99 Å². The largest absolute Gasteiger partial charge is 0.356 e. The second kappa shape index (κ2) is 11.1. The number of nitrogens with zero attached hydrogens (tertiary/aromatic N) is 2. The molecule has 0 aromatic rings. The van der Waals surface area contributed by atoms with Crippen LogP contribution in [0.25, 0.3) is 0 Å². The normalized spacial score (nSPS) is 16.7. The Balaban J connectivity index is 0.00000256. The number of guanidine groups is 1. The van der Waals surface area contributed by atoms with Crippen molar-refractivity contribution in [2.24, 2.45) is 4.99 Å². The van der Waals surface area contributed by atoms with E-state index in [0.717, 1.165) is 25.5 Å². The van der Waals surface area contributed by atoms with Gasteiger partial charge in [-0.25, -0.2) is 0 Å². The van der Waals surface area contributed by atoms with Crippen LogP contribution in [0.1, 0.15) is 32.6 Å². The average molecular weight is 354 g/mol. The Bertz CT molecular complexity index is 203. The molecule has 0 aromatic heterocycles. The van der Waals surface area contributed by atoms with Crippen LogP contribution in [0.3, 0.4) is 0 Å². The summed E-state index contributed by atoms with van der Waals surface area (Å²) in [6.07, 6.45) is 5.10. The average Bonchev–Trinajstić information content (AvgIpc) is 2.81. The first-order chi connectivity index (χ1) is 7.86. The maximum absolute atomic E-state index is 4.18. The van der Waals surface area contributed by atoms with Crippen LogP contribution in [0, 0.1) is 0 Å². The van der Waals surface area contributed by atoms with Crippen molar-refractivity contribution < 1.29 is 0 Å². The SMILES string of the molecule is CCCNC(=NC)NCCCN1CCCC1.I. The Labute approximate surface area is 123 Å². The molecule has 1 heterocycles. The molecule has 0 spiro atoms. The molecule has 1 fully saturated rings. The lowest BCUT2D eigenvalue weighted by Crippen LogP contribution is -2.38. The lowest BCUT2D eigenvalue weighted by atomic mass is 10.4. The van der Waals surface area contributed by atoms with Crippen LogP contribution in [0.2, 0.25) is 0 Å². The van der Waals surface area contributed by atoms with Crippen molar-refractivity contribution in [1.82, 2.24) is 15.5 Å². The lowest BCUT2D eigenvalue weighted by Gasteiger charge is -2.15. The number of hydrogen-bond donors (Lipinski definition) is 2. The van der Waals surface area contributed by atoms with Crippen molar-refractivity contribution in [3.63, 3.8) is 0 Å². The molecule has 0 atom stereocenters. The molecule has 0 amide bonds. The van der Waals surface area contributed by atoms with Crippen molar-refractivity contribution in [2.45, 2.75) is 32.6 Å². The van der Waals surface area contributed by atoms with E-state index >= 15 is 0 Å². The van der Waals surface area contributed by atoms with Crippen LogP contribution >= 0.6 is 24.0 Å². The molecule has 5 heteroatoms. The highest BCUT2D eigenvalue weighted by Crippen LogP contribution is 2.06. The topological polar surface area (TPSA) is 39.7 Å². The van der Waals surface area contributed by atoms with Gasteiger partial charge in [-0.1, -0.05) is 6.92 Å². The van der Waals surface area contributed by atoms with Gasteiger partial charge in [-0.2, -0.15) is 0 Å². The standard InChI is InChI=1S/C12H26N4.HI/c1-3-7-14-12(13-2)15-8-6-11-16-9-4-5-10-16;/h3-11H2,1-2H3,(H2,13,14,15);1H. The van der Waals surface area contributed by atoms with Gasteiger partial charge in [-0.3, -0.25) is 4.99 Å². The molecule has 0 radical (unpaired) electrons. The monoisotopic (exact) mass is 354 g/mol. The zero-order valence-corrected chi connectivity index (χ0v) is 13.5. The number of nitrogens with one attached hydrogen (secondary N) is 2. The highest BCUT2D eigenvalue weighted by atomic mass is 127. The van der Waals surface area contributed by atoms with Gasteiger partial charge in [0.05, 0.1) is 0 Å². The first-order valence-electron chi connectivity index (χ1n) is 6.53. The molecule has 4 nitrogen and oxygen atoms in total. The molecule has 1 rings (SSSR count). The highest BCUT2D eigenvalue weighted by molar-refractivity contribution is 14.0. The van der Waals surface area contributed by atoms with Crippen molar-refractivity contribution in [3.8, 4) is 0 Å². The molecular weight excluding hydrogens is 327 g/mol. The Morgan fingerprint density at radius 3 is 2.41 bits per heavy atom. The molecule has 0 aromatic carbocycles. The summed E-state index contributed by atoms with van der Waals surface area (Å²) in [6.45, 7) is 7.97. The summed E-state index contributed by atoms with van der Waals surface area (Å²) in [6, 6.07) is 0. The predicted molar refractivity (Wildman–Crippen MR) is 85.4 cm³/mol. The third-order valence-electron chi connectivity index (χ3n) is 2.91. The molecule has 0 bridgehead atoms. The van der Waals surface area contributed by atoms with E-state index in [9.17, 15) is 0 Å². The summed E-state index contributed by atoms with van der Waals surface area (Å²) in [5.41, 5.74) is 0. The van der Waals surface area contributed by atoms with Crippen LogP contribution in [0.5, 0.6) is 0 Å². The van der Waals surface area contributed by atoms with Gasteiger partial charge in [0.25, 0.3) is 0 Å². The van der Waals surface area contributed by atoms with Crippen LogP contribution in [0.4, 0.5) is 0 Å². The lowest BCUT2D eigenvalue weighted by molar-refractivity contribution is 0.334. The Kier molecular flexibility index (Phi) is 11.0. The summed E-state index contributed by atoms with van der Waals surface area (Å²) in [5.74, 6) is 0.934. The third-order valence-corrected chi connectivity index (χ3v) is 2.91. The van der Waals surface area contributed by atoms with Crippen molar-refractivity contribution >= 4 is 29.9 Å². The van der Waals surface area contributed by atoms with Gasteiger partial charge in [0.1, 0.15) is 0 Å². The van der Waals surface area contributed by atoms with E-state index < -0.39 is 0 Å². The molecule has 0 aliphatic carbocycles. The van der Waals surface area contributed by atoms with E-state index in [-0.39, 0.29) is 24.0 Å². The van der Waals surface area contributed by atoms with E-state index in [1.807, 2.05) is 7.05 Å². The van der Waals surface area contributed by atoms with E-state index in [0.29, 0.717) is 0 Å². The molecule has 17 heavy (non-hydrogen) atoms. The van der Waals surface area contributed by atoms with Gasteiger partial charge >= 0.3 is 0 Å². The van der Waals surface area contributed by atoms with E-state index in [4.69, 9.17) is 0 Å². The van der Waals surface area contributed by atoms with Crippen LogP contribution in [-0.2, 0) is 0 Å². The minimum Gasteiger partial charge on any atom is -0.356 e. The van der Waals surface area contributed by atoms with Crippen molar-refractivity contribution in [1.29, 1.82) is 0 Å². The summed E-state index contributed by atoms with van der Waals surface area (Å²) in [7, 11) is 1.82. The van der Waals surface area contributed by atoms with Crippen LogP contribution < -0.4 is 10.6 Å².